The van der Waals surface area contributed by atoms with Crippen LogP contribution in [-0.4, -0.2) is 33.6 Å². The first-order chi connectivity index (χ1) is 6.82. The highest BCUT2D eigenvalue weighted by molar-refractivity contribution is 4.81. The van der Waals surface area contributed by atoms with Crippen LogP contribution >= 0.6 is 0 Å². The maximum atomic E-state index is 9.99. The van der Waals surface area contributed by atoms with E-state index in [-0.39, 0.29) is 17.8 Å². The molecule has 5 atom stereocenters. The van der Waals surface area contributed by atoms with Gasteiger partial charge in [0, 0.05) is 11.8 Å². The van der Waals surface area contributed by atoms with Gasteiger partial charge < -0.3 is 15.3 Å². The van der Waals surface area contributed by atoms with Gasteiger partial charge in [-0.1, -0.05) is 34.6 Å². The van der Waals surface area contributed by atoms with E-state index < -0.39 is 18.3 Å². The van der Waals surface area contributed by atoms with Crippen LogP contribution in [0.4, 0.5) is 0 Å². The topological polar surface area (TPSA) is 60.7 Å². The Morgan fingerprint density at radius 1 is 0.800 bits per heavy atom. The fourth-order valence-electron chi connectivity index (χ4n) is 1.89. The molecular weight excluding hydrogens is 192 g/mol. The van der Waals surface area contributed by atoms with E-state index in [9.17, 15) is 15.3 Å². The van der Waals surface area contributed by atoms with E-state index in [1.165, 1.54) is 0 Å². The number of aliphatic hydroxyl groups excluding tert-OH is 3. The van der Waals surface area contributed by atoms with Crippen LogP contribution in [0.3, 0.4) is 0 Å². The fourth-order valence-corrected chi connectivity index (χ4v) is 1.89. The van der Waals surface area contributed by atoms with Crippen molar-refractivity contribution in [1.29, 1.82) is 0 Å². The van der Waals surface area contributed by atoms with Crippen LogP contribution in [0.1, 0.15) is 41.0 Å². The highest BCUT2D eigenvalue weighted by Gasteiger charge is 2.31. The molecule has 0 aliphatic carbocycles. The van der Waals surface area contributed by atoms with Gasteiger partial charge in [-0.3, -0.25) is 0 Å². The standard InChI is InChI=1S/C12H26O3/c1-6-10(13)8(4)12(15)9(5)11(14)7(2)3/h7-15H,6H2,1-5H3/t8-,9+,10+,11+,12-/m0/s1. The predicted octanol–water partition coefficient (Wildman–Crippen LogP) is 1.41. The lowest BCUT2D eigenvalue weighted by Crippen LogP contribution is -2.40. The van der Waals surface area contributed by atoms with Crippen LogP contribution in [0.5, 0.6) is 0 Å². The Balaban J connectivity index is 4.36. The molecule has 0 amide bonds. The zero-order chi connectivity index (χ0) is 12.2. The number of hydrogen-bond acceptors (Lipinski definition) is 3. The summed E-state index contributed by atoms with van der Waals surface area (Å²) in [6.07, 6.45) is -1.05. The van der Waals surface area contributed by atoms with Gasteiger partial charge >= 0.3 is 0 Å². The van der Waals surface area contributed by atoms with Gasteiger partial charge in [0.15, 0.2) is 0 Å². The minimum absolute atomic E-state index is 0.126. The van der Waals surface area contributed by atoms with Gasteiger partial charge in [-0.05, 0) is 12.3 Å². The first-order valence-electron chi connectivity index (χ1n) is 5.87. The van der Waals surface area contributed by atoms with Crippen LogP contribution in [0.25, 0.3) is 0 Å². The Morgan fingerprint density at radius 3 is 1.60 bits per heavy atom. The lowest BCUT2D eigenvalue weighted by atomic mass is 9.82. The zero-order valence-electron chi connectivity index (χ0n) is 10.5. The molecule has 0 saturated carbocycles. The Bertz CT molecular complexity index is 170. The molecule has 0 aromatic rings. The summed E-state index contributed by atoms with van der Waals surface area (Å²) in [5.74, 6) is -0.278. The van der Waals surface area contributed by atoms with Crippen molar-refractivity contribution in [2.45, 2.75) is 59.4 Å². The van der Waals surface area contributed by atoms with Crippen LogP contribution < -0.4 is 0 Å². The van der Waals surface area contributed by atoms with Gasteiger partial charge in [0.05, 0.1) is 18.3 Å². The zero-order valence-corrected chi connectivity index (χ0v) is 10.5. The SMILES string of the molecule is CC[C@@H](O)[C@H](C)[C@H](O)[C@H](C)[C@H](O)C(C)C. The van der Waals surface area contributed by atoms with Gasteiger partial charge in [0.25, 0.3) is 0 Å². The second-order valence-corrected chi connectivity index (χ2v) is 4.92. The summed E-state index contributed by atoms with van der Waals surface area (Å²) in [4.78, 5) is 0. The van der Waals surface area contributed by atoms with E-state index in [2.05, 4.69) is 0 Å². The van der Waals surface area contributed by atoms with E-state index in [0.29, 0.717) is 6.42 Å². The first-order valence-corrected chi connectivity index (χ1v) is 5.87. The van der Waals surface area contributed by atoms with Gasteiger partial charge in [-0.15, -0.1) is 0 Å². The van der Waals surface area contributed by atoms with Crippen molar-refractivity contribution in [1.82, 2.24) is 0 Å². The smallest absolute Gasteiger partial charge is 0.0640 e. The number of rotatable bonds is 6. The Morgan fingerprint density at radius 2 is 1.27 bits per heavy atom. The molecule has 0 bridgehead atoms. The van der Waals surface area contributed by atoms with Crippen molar-refractivity contribution in [3.8, 4) is 0 Å². The minimum Gasteiger partial charge on any atom is -0.393 e. The monoisotopic (exact) mass is 218 g/mol. The molecule has 0 aromatic carbocycles. The van der Waals surface area contributed by atoms with E-state index in [4.69, 9.17) is 0 Å². The van der Waals surface area contributed by atoms with Gasteiger partial charge in [-0.2, -0.15) is 0 Å². The van der Waals surface area contributed by atoms with Gasteiger partial charge in [-0.25, -0.2) is 0 Å². The van der Waals surface area contributed by atoms with Gasteiger partial charge in [0.1, 0.15) is 0 Å². The molecular formula is C12H26O3. The summed E-state index contributed by atoms with van der Waals surface area (Å²) >= 11 is 0. The van der Waals surface area contributed by atoms with Crippen LogP contribution in [-0.2, 0) is 0 Å². The van der Waals surface area contributed by atoms with Crippen molar-refractivity contribution in [3.63, 3.8) is 0 Å². The second kappa shape index (κ2) is 6.46. The predicted molar refractivity (Wildman–Crippen MR) is 61.5 cm³/mol. The summed E-state index contributed by atoms with van der Waals surface area (Å²) in [5.41, 5.74) is 0. The summed E-state index contributed by atoms with van der Waals surface area (Å²) in [6, 6.07) is 0. The largest absolute Gasteiger partial charge is 0.393 e. The summed E-state index contributed by atoms with van der Waals surface area (Å²) in [7, 11) is 0. The molecule has 0 unspecified atom stereocenters. The Labute approximate surface area is 93.1 Å². The number of hydrogen-bond donors (Lipinski definition) is 3. The maximum Gasteiger partial charge on any atom is 0.0640 e. The summed E-state index contributed by atoms with van der Waals surface area (Å²) in [6.45, 7) is 9.39. The molecule has 3 nitrogen and oxygen atoms in total. The molecule has 0 saturated heterocycles. The molecule has 0 rings (SSSR count). The average molecular weight is 218 g/mol. The highest BCUT2D eigenvalue weighted by Crippen LogP contribution is 2.23. The third-order valence-electron chi connectivity index (χ3n) is 3.32. The Hall–Kier alpha value is -0.120. The van der Waals surface area contributed by atoms with E-state index >= 15 is 0 Å². The molecule has 0 aliphatic rings. The van der Waals surface area contributed by atoms with E-state index in [1.54, 1.807) is 0 Å². The summed E-state index contributed by atoms with van der Waals surface area (Å²) < 4.78 is 0. The van der Waals surface area contributed by atoms with Crippen molar-refractivity contribution in [3.05, 3.63) is 0 Å². The third-order valence-corrected chi connectivity index (χ3v) is 3.32. The van der Waals surface area contributed by atoms with Crippen molar-refractivity contribution < 1.29 is 15.3 Å². The van der Waals surface area contributed by atoms with E-state index in [1.807, 2.05) is 34.6 Å². The van der Waals surface area contributed by atoms with Crippen molar-refractivity contribution >= 4 is 0 Å². The second-order valence-electron chi connectivity index (χ2n) is 4.92. The minimum atomic E-state index is -0.655. The highest BCUT2D eigenvalue weighted by atomic mass is 16.3. The molecule has 15 heavy (non-hydrogen) atoms. The lowest BCUT2D eigenvalue weighted by Gasteiger charge is -2.32. The molecule has 0 aliphatic heterocycles. The molecule has 0 radical (unpaired) electrons. The third kappa shape index (κ3) is 4.09. The lowest BCUT2D eigenvalue weighted by molar-refractivity contribution is -0.0558. The van der Waals surface area contributed by atoms with Crippen molar-refractivity contribution in [2.24, 2.45) is 17.8 Å². The van der Waals surface area contributed by atoms with Crippen LogP contribution in [0.2, 0.25) is 0 Å². The fraction of sp³-hybridized carbons (Fsp3) is 1.00. The Kier molecular flexibility index (Phi) is 6.41. The van der Waals surface area contributed by atoms with Gasteiger partial charge in [0.2, 0.25) is 0 Å². The number of aliphatic hydroxyl groups is 3. The molecule has 3 heteroatoms. The van der Waals surface area contributed by atoms with E-state index in [0.717, 1.165) is 0 Å². The normalized spacial score (nSPS) is 22.2. The first kappa shape index (κ1) is 14.9. The molecule has 0 aromatic heterocycles. The summed E-state index contributed by atoms with van der Waals surface area (Å²) in [5, 5.41) is 29.4. The quantitative estimate of drug-likeness (QED) is 0.631. The molecule has 92 valence electrons. The molecule has 0 fully saturated rings. The molecule has 0 heterocycles. The maximum absolute atomic E-state index is 9.99. The average Bonchev–Trinajstić information content (AvgIpc) is 2.23. The van der Waals surface area contributed by atoms with Crippen LogP contribution in [0.15, 0.2) is 0 Å². The molecule has 3 N–H and O–H groups in total. The molecule has 0 spiro atoms. The van der Waals surface area contributed by atoms with Crippen molar-refractivity contribution in [2.75, 3.05) is 0 Å². The van der Waals surface area contributed by atoms with Crippen LogP contribution in [0, 0.1) is 17.8 Å².